The number of nitrogens with zero attached hydrogens (tertiary/aromatic N) is 5. The molecule has 11 heteroatoms. The third-order valence-electron chi connectivity index (χ3n) is 6.12. The SMILES string of the molecule is Cc1cc(C(C)(C)F)c2cc(-c3nc(Nc4ccc(N5CCNCC5)cn4)ncc3F)cc(F)c2n1.Cl. The van der Waals surface area contributed by atoms with E-state index in [1.165, 1.54) is 19.9 Å². The molecule has 194 valence electrons. The van der Waals surface area contributed by atoms with E-state index >= 15 is 4.39 Å². The molecule has 0 saturated carbocycles. The number of pyridine rings is 2. The largest absolute Gasteiger partial charge is 0.368 e. The first-order valence-electron chi connectivity index (χ1n) is 11.7. The van der Waals surface area contributed by atoms with Crippen molar-refractivity contribution in [3.8, 4) is 11.3 Å². The summed E-state index contributed by atoms with van der Waals surface area (Å²) < 4.78 is 44.8. The molecule has 3 aromatic heterocycles. The van der Waals surface area contributed by atoms with Gasteiger partial charge in [0.1, 0.15) is 28.5 Å². The summed E-state index contributed by atoms with van der Waals surface area (Å²) in [5, 5.41) is 6.54. The molecule has 1 aliphatic heterocycles. The van der Waals surface area contributed by atoms with Gasteiger partial charge in [-0.05, 0) is 56.7 Å². The number of rotatable bonds is 5. The molecule has 0 aliphatic carbocycles. The molecule has 5 rings (SSSR count). The standard InChI is InChI=1S/C26H26F3N7.ClH/c1-15-10-19(26(2,3)29)18-11-16(12-20(27)24(18)33-15)23-21(28)14-32-25(35-23)34-22-5-4-17(13-31-22)36-8-6-30-7-9-36;/h4-5,10-14,30H,6-9H2,1-3H3,(H,31,32,34,35);1H. The second-order valence-electron chi connectivity index (χ2n) is 9.29. The molecule has 7 nitrogen and oxygen atoms in total. The quantitative estimate of drug-likeness (QED) is 0.356. The first-order valence-corrected chi connectivity index (χ1v) is 11.7. The van der Waals surface area contributed by atoms with E-state index in [-0.39, 0.29) is 46.1 Å². The van der Waals surface area contributed by atoms with Crippen molar-refractivity contribution in [1.29, 1.82) is 0 Å². The monoisotopic (exact) mass is 529 g/mol. The van der Waals surface area contributed by atoms with Crippen LogP contribution in [0.2, 0.25) is 0 Å². The van der Waals surface area contributed by atoms with Gasteiger partial charge in [0.25, 0.3) is 0 Å². The highest BCUT2D eigenvalue weighted by Crippen LogP contribution is 2.35. The Morgan fingerprint density at radius 2 is 1.73 bits per heavy atom. The maximum Gasteiger partial charge on any atom is 0.229 e. The van der Waals surface area contributed by atoms with Crippen LogP contribution in [0, 0.1) is 18.6 Å². The summed E-state index contributed by atoms with van der Waals surface area (Å²) in [7, 11) is 0. The van der Waals surface area contributed by atoms with Crippen molar-refractivity contribution in [2.75, 3.05) is 36.4 Å². The highest BCUT2D eigenvalue weighted by molar-refractivity contribution is 5.88. The van der Waals surface area contributed by atoms with Gasteiger partial charge in [-0.25, -0.2) is 28.1 Å². The van der Waals surface area contributed by atoms with Gasteiger partial charge in [-0.1, -0.05) is 0 Å². The van der Waals surface area contributed by atoms with Crippen molar-refractivity contribution in [3.63, 3.8) is 0 Å². The molecule has 1 fully saturated rings. The number of nitrogens with one attached hydrogen (secondary N) is 2. The Hall–Kier alpha value is -3.50. The average molecular weight is 530 g/mol. The zero-order valence-corrected chi connectivity index (χ0v) is 21.5. The second-order valence-corrected chi connectivity index (χ2v) is 9.29. The Morgan fingerprint density at radius 1 is 0.973 bits per heavy atom. The lowest BCUT2D eigenvalue weighted by Gasteiger charge is -2.29. The van der Waals surface area contributed by atoms with E-state index < -0.39 is 17.3 Å². The number of hydrogen-bond donors (Lipinski definition) is 2. The van der Waals surface area contributed by atoms with Crippen LogP contribution in [0.1, 0.15) is 25.1 Å². The van der Waals surface area contributed by atoms with Gasteiger partial charge in [0, 0.05) is 42.8 Å². The molecule has 0 atom stereocenters. The molecule has 1 aromatic carbocycles. The molecular weight excluding hydrogens is 503 g/mol. The molecule has 0 radical (unpaired) electrons. The number of fused-ring (bicyclic) bond motifs is 1. The number of benzene rings is 1. The van der Waals surface area contributed by atoms with Crippen molar-refractivity contribution >= 4 is 40.8 Å². The predicted molar refractivity (Wildman–Crippen MR) is 141 cm³/mol. The molecule has 0 unspecified atom stereocenters. The smallest absolute Gasteiger partial charge is 0.229 e. The van der Waals surface area contributed by atoms with Gasteiger partial charge in [0.2, 0.25) is 5.95 Å². The van der Waals surface area contributed by atoms with Gasteiger partial charge in [-0.2, -0.15) is 0 Å². The Morgan fingerprint density at radius 3 is 2.41 bits per heavy atom. The minimum atomic E-state index is -1.75. The Bertz CT molecular complexity index is 1420. The second kappa shape index (κ2) is 10.5. The molecule has 2 N–H and O–H groups in total. The van der Waals surface area contributed by atoms with Crippen molar-refractivity contribution in [2.24, 2.45) is 0 Å². The molecule has 1 saturated heterocycles. The van der Waals surface area contributed by atoms with Crippen LogP contribution in [0.3, 0.4) is 0 Å². The van der Waals surface area contributed by atoms with Gasteiger partial charge in [-0.15, -0.1) is 12.4 Å². The van der Waals surface area contributed by atoms with E-state index in [1.807, 2.05) is 6.07 Å². The van der Waals surface area contributed by atoms with Gasteiger partial charge < -0.3 is 15.5 Å². The summed E-state index contributed by atoms with van der Waals surface area (Å²) in [5.41, 5.74) is 0.0783. The van der Waals surface area contributed by atoms with Crippen LogP contribution in [0.15, 0.2) is 42.7 Å². The maximum absolute atomic E-state index is 15.1. The van der Waals surface area contributed by atoms with Crippen LogP contribution < -0.4 is 15.5 Å². The van der Waals surface area contributed by atoms with E-state index in [2.05, 4.69) is 35.5 Å². The van der Waals surface area contributed by atoms with E-state index in [4.69, 9.17) is 0 Å². The predicted octanol–water partition coefficient (Wildman–Crippen LogP) is 5.45. The van der Waals surface area contributed by atoms with Crippen molar-refractivity contribution in [2.45, 2.75) is 26.4 Å². The molecule has 0 spiro atoms. The topological polar surface area (TPSA) is 78.9 Å². The molecule has 1 aliphatic rings. The molecular formula is C26H27ClF3N7. The van der Waals surface area contributed by atoms with Gasteiger partial charge >= 0.3 is 0 Å². The summed E-state index contributed by atoms with van der Waals surface area (Å²) in [6, 6.07) is 7.98. The summed E-state index contributed by atoms with van der Waals surface area (Å²) >= 11 is 0. The Kier molecular flexibility index (Phi) is 7.52. The highest BCUT2D eigenvalue weighted by atomic mass is 35.5. The van der Waals surface area contributed by atoms with Crippen molar-refractivity contribution in [1.82, 2.24) is 25.3 Å². The van der Waals surface area contributed by atoms with Gasteiger partial charge in [0.05, 0.1) is 18.1 Å². The number of aryl methyl sites for hydroxylation is 1. The van der Waals surface area contributed by atoms with Crippen LogP contribution >= 0.6 is 12.4 Å². The first kappa shape index (κ1) is 26.6. The Balaban J connectivity index is 0.00000320. The van der Waals surface area contributed by atoms with Crippen LogP contribution in [0.5, 0.6) is 0 Å². The van der Waals surface area contributed by atoms with Crippen LogP contribution in [0.4, 0.5) is 30.6 Å². The first-order chi connectivity index (χ1) is 17.2. The minimum absolute atomic E-state index is 0. The summed E-state index contributed by atoms with van der Waals surface area (Å²) in [6.45, 7) is 8.09. The molecule has 4 heterocycles. The average Bonchev–Trinajstić information content (AvgIpc) is 2.85. The van der Waals surface area contributed by atoms with Crippen molar-refractivity contribution in [3.05, 3.63) is 65.6 Å². The van der Waals surface area contributed by atoms with E-state index in [1.54, 1.807) is 25.3 Å². The minimum Gasteiger partial charge on any atom is -0.368 e. The zero-order valence-electron chi connectivity index (χ0n) is 20.6. The lowest BCUT2D eigenvalue weighted by Crippen LogP contribution is -2.43. The zero-order chi connectivity index (χ0) is 25.4. The number of aromatic nitrogens is 4. The number of alkyl halides is 1. The summed E-state index contributed by atoms with van der Waals surface area (Å²) in [5.74, 6) is -0.837. The maximum atomic E-state index is 15.1. The van der Waals surface area contributed by atoms with Gasteiger partial charge in [-0.3, -0.25) is 4.98 Å². The molecule has 0 amide bonds. The molecule has 4 aromatic rings. The lowest BCUT2D eigenvalue weighted by atomic mass is 9.93. The number of hydrogen-bond acceptors (Lipinski definition) is 7. The fourth-order valence-corrected chi connectivity index (χ4v) is 4.36. The fraction of sp³-hybridized carbons (Fsp3) is 0.308. The van der Waals surface area contributed by atoms with Crippen LogP contribution in [-0.4, -0.2) is 46.1 Å². The van der Waals surface area contributed by atoms with E-state index in [0.717, 1.165) is 44.1 Å². The van der Waals surface area contributed by atoms with Crippen LogP contribution in [0.25, 0.3) is 22.2 Å². The number of piperazine rings is 1. The van der Waals surface area contributed by atoms with Gasteiger partial charge in [0.15, 0.2) is 5.82 Å². The highest BCUT2D eigenvalue weighted by Gasteiger charge is 2.25. The third kappa shape index (κ3) is 5.60. The molecule has 0 bridgehead atoms. The normalized spacial score (nSPS) is 13.9. The number of halogens is 4. The van der Waals surface area contributed by atoms with E-state index in [0.29, 0.717) is 11.5 Å². The van der Waals surface area contributed by atoms with E-state index in [9.17, 15) is 8.78 Å². The molecule has 37 heavy (non-hydrogen) atoms. The van der Waals surface area contributed by atoms with Crippen LogP contribution in [-0.2, 0) is 5.67 Å². The fourth-order valence-electron chi connectivity index (χ4n) is 4.36. The number of anilines is 3. The lowest BCUT2D eigenvalue weighted by molar-refractivity contribution is 0.223. The summed E-state index contributed by atoms with van der Waals surface area (Å²) in [6.07, 6.45) is 2.77. The van der Waals surface area contributed by atoms with Crippen molar-refractivity contribution < 1.29 is 13.2 Å². The Labute approximate surface area is 219 Å². The summed E-state index contributed by atoms with van der Waals surface area (Å²) in [4.78, 5) is 19.2. The third-order valence-corrected chi connectivity index (χ3v) is 6.12.